The number of hydrogen-bond donors (Lipinski definition) is 1. The van der Waals surface area contributed by atoms with Crippen LogP contribution < -0.4 is 11.0 Å². The van der Waals surface area contributed by atoms with Crippen molar-refractivity contribution in [2.45, 2.75) is 32.5 Å². The SMILES string of the molecule is COC(=O)CNCc1ccc(-n2c(=O)n([C@H]3CCN(Cc4ncccc4C)C3)c3ncccc32)cc1. The van der Waals surface area contributed by atoms with Crippen LogP contribution in [0.1, 0.15) is 29.3 Å². The average molecular weight is 487 g/mol. The molecular weight excluding hydrogens is 456 g/mol. The lowest BCUT2D eigenvalue weighted by Gasteiger charge is -2.17. The number of imidazole rings is 1. The highest BCUT2D eigenvalue weighted by Gasteiger charge is 2.29. The van der Waals surface area contributed by atoms with Gasteiger partial charge in [-0.25, -0.2) is 9.78 Å². The maximum atomic E-state index is 13.8. The maximum absolute atomic E-state index is 13.8. The van der Waals surface area contributed by atoms with Crippen molar-refractivity contribution in [3.63, 3.8) is 0 Å². The van der Waals surface area contributed by atoms with Crippen LogP contribution in [0.15, 0.2) is 65.7 Å². The van der Waals surface area contributed by atoms with E-state index in [9.17, 15) is 9.59 Å². The van der Waals surface area contributed by atoms with Gasteiger partial charge in [0.1, 0.15) is 0 Å². The summed E-state index contributed by atoms with van der Waals surface area (Å²) in [5.41, 5.74) is 5.46. The fourth-order valence-corrected chi connectivity index (χ4v) is 4.83. The van der Waals surface area contributed by atoms with Crippen LogP contribution in [-0.2, 0) is 22.6 Å². The smallest absolute Gasteiger partial charge is 0.335 e. The molecule has 0 bridgehead atoms. The van der Waals surface area contributed by atoms with E-state index >= 15 is 0 Å². The Balaban J connectivity index is 1.39. The fourth-order valence-electron chi connectivity index (χ4n) is 4.83. The third-order valence-corrected chi connectivity index (χ3v) is 6.76. The van der Waals surface area contributed by atoms with Gasteiger partial charge in [-0.2, -0.15) is 0 Å². The molecule has 3 aromatic heterocycles. The number of pyridine rings is 2. The Morgan fingerprint density at radius 3 is 2.67 bits per heavy atom. The van der Waals surface area contributed by atoms with E-state index in [0.717, 1.165) is 48.5 Å². The molecule has 36 heavy (non-hydrogen) atoms. The molecule has 1 atom stereocenters. The second-order valence-electron chi connectivity index (χ2n) is 9.12. The van der Waals surface area contributed by atoms with Crippen LogP contribution in [0.2, 0.25) is 0 Å². The third-order valence-electron chi connectivity index (χ3n) is 6.76. The summed E-state index contributed by atoms with van der Waals surface area (Å²) in [6.07, 6.45) is 4.45. The number of rotatable bonds is 8. The number of hydrogen-bond acceptors (Lipinski definition) is 7. The summed E-state index contributed by atoms with van der Waals surface area (Å²) < 4.78 is 8.24. The van der Waals surface area contributed by atoms with E-state index in [2.05, 4.69) is 37.9 Å². The van der Waals surface area contributed by atoms with E-state index in [1.807, 2.05) is 53.2 Å². The van der Waals surface area contributed by atoms with Gasteiger partial charge in [0.25, 0.3) is 0 Å². The van der Waals surface area contributed by atoms with Crippen molar-refractivity contribution >= 4 is 17.1 Å². The highest BCUT2D eigenvalue weighted by Crippen LogP contribution is 2.26. The molecule has 4 aromatic rings. The molecular formula is C27H30N6O3. The maximum Gasteiger partial charge on any atom is 0.335 e. The number of esters is 1. The quantitative estimate of drug-likeness (QED) is 0.383. The molecule has 9 nitrogen and oxygen atoms in total. The summed E-state index contributed by atoms with van der Waals surface area (Å²) >= 11 is 0. The Hall–Kier alpha value is -3.82. The molecule has 0 radical (unpaired) electrons. The predicted molar refractivity (Wildman–Crippen MR) is 137 cm³/mol. The Kier molecular flexibility index (Phi) is 6.92. The molecule has 0 aliphatic carbocycles. The molecule has 0 spiro atoms. The van der Waals surface area contributed by atoms with Crippen molar-refractivity contribution in [1.82, 2.24) is 29.3 Å². The minimum atomic E-state index is -0.306. The number of nitrogens with zero attached hydrogens (tertiary/aromatic N) is 5. The van der Waals surface area contributed by atoms with Crippen molar-refractivity contribution in [3.05, 3.63) is 88.2 Å². The highest BCUT2D eigenvalue weighted by atomic mass is 16.5. The summed E-state index contributed by atoms with van der Waals surface area (Å²) in [7, 11) is 1.37. The fraction of sp³-hybridized carbons (Fsp3) is 0.333. The van der Waals surface area contributed by atoms with Gasteiger partial charge in [0, 0.05) is 38.6 Å². The van der Waals surface area contributed by atoms with E-state index in [0.29, 0.717) is 12.2 Å². The monoisotopic (exact) mass is 486 g/mol. The van der Waals surface area contributed by atoms with Gasteiger partial charge in [0.15, 0.2) is 5.65 Å². The first-order valence-corrected chi connectivity index (χ1v) is 12.1. The molecule has 1 aliphatic rings. The van der Waals surface area contributed by atoms with Crippen molar-refractivity contribution in [3.8, 4) is 5.69 Å². The van der Waals surface area contributed by atoms with Gasteiger partial charge in [-0.3, -0.25) is 23.8 Å². The first-order chi connectivity index (χ1) is 17.5. The first kappa shape index (κ1) is 23.9. The zero-order valence-corrected chi connectivity index (χ0v) is 20.6. The van der Waals surface area contributed by atoms with Gasteiger partial charge in [-0.1, -0.05) is 18.2 Å². The van der Waals surface area contributed by atoms with Gasteiger partial charge in [-0.15, -0.1) is 0 Å². The van der Waals surface area contributed by atoms with Crippen LogP contribution in [-0.4, -0.2) is 56.7 Å². The molecule has 0 amide bonds. The van der Waals surface area contributed by atoms with Gasteiger partial charge < -0.3 is 10.1 Å². The molecule has 5 rings (SSSR count). The molecule has 9 heteroatoms. The van der Waals surface area contributed by atoms with Crippen LogP contribution in [0.4, 0.5) is 0 Å². The van der Waals surface area contributed by atoms with Gasteiger partial charge in [0.05, 0.1) is 36.6 Å². The number of benzene rings is 1. The average Bonchev–Trinajstić information content (AvgIpc) is 3.47. The van der Waals surface area contributed by atoms with Gasteiger partial charge in [-0.05, 0) is 54.8 Å². The van der Waals surface area contributed by atoms with E-state index in [4.69, 9.17) is 0 Å². The second kappa shape index (κ2) is 10.4. The number of carbonyl (C=O) groups is 1. The van der Waals surface area contributed by atoms with Crippen LogP contribution in [0.5, 0.6) is 0 Å². The number of likely N-dealkylation sites (tertiary alicyclic amines) is 1. The molecule has 1 aromatic carbocycles. The molecule has 1 fully saturated rings. The Labute approximate surface area is 209 Å². The molecule has 0 saturated carbocycles. The van der Waals surface area contributed by atoms with Crippen molar-refractivity contribution < 1.29 is 9.53 Å². The normalized spacial score (nSPS) is 16.0. The number of aromatic nitrogens is 4. The van der Waals surface area contributed by atoms with Crippen LogP contribution in [0.25, 0.3) is 16.9 Å². The topological polar surface area (TPSA) is 94.3 Å². The number of methoxy groups -OCH3 is 1. The molecule has 0 unspecified atom stereocenters. The number of ether oxygens (including phenoxy) is 1. The Bertz CT molecular complexity index is 1430. The van der Waals surface area contributed by atoms with Crippen LogP contribution in [0, 0.1) is 6.92 Å². The van der Waals surface area contributed by atoms with E-state index in [1.165, 1.54) is 12.7 Å². The lowest BCUT2D eigenvalue weighted by Crippen LogP contribution is -2.29. The van der Waals surface area contributed by atoms with Crippen molar-refractivity contribution in [2.75, 3.05) is 26.7 Å². The molecule has 4 heterocycles. The van der Waals surface area contributed by atoms with Gasteiger partial charge >= 0.3 is 11.7 Å². The largest absolute Gasteiger partial charge is 0.468 e. The predicted octanol–water partition coefficient (Wildman–Crippen LogP) is 2.60. The molecule has 186 valence electrons. The molecule has 1 aliphatic heterocycles. The summed E-state index contributed by atoms with van der Waals surface area (Å²) in [5.74, 6) is -0.306. The van der Waals surface area contributed by atoms with E-state index < -0.39 is 0 Å². The highest BCUT2D eigenvalue weighted by molar-refractivity contribution is 5.74. The Morgan fingerprint density at radius 2 is 1.89 bits per heavy atom. The number of fused-ring (bicyclic) bond motifs is 1. The standard InChI is InChI=1S/C27H30N6O3/c1-19-5-3-12-29-23(19)18-31-14-11-22(17-31)33-26-24(6-4-13-30-26)32(27(33)35)21-9-7-20(8-10-21)15-28-16-25(34)36-2/h3-10,12-13,22,28H,11,14-18H2,1-2H3/t22-/m0/s1. The van der Waals surface area contributed by atoms with Crippen molar-refractivity contribution in [2.24, 2.45) is 0 Å². The number of aryl methyl sites for hydroxylation is 1. The number of nitrogens with one attached hydrogen (secondary N) is 1. The minimum absolute atomic E-state index is 0.0435. The molecule has 1 N–H and O–H groups in total. The van der Waals surface area contributed by atoms with Gasteiger partial charge in [0.2, 0.25) is 0 Å². The lowest BCUT2D eigenvalue weighted by atomic mass is 10.2. The minimum Gasteiger partial charge on any atom is -0.468 e. The van der Waals surface area contributed by atoms with E-state index in [1.54, 1.807) is 10.8 Å². The van der Waals surface area contributed by atoms with E-state index in [-0.39, 0.29) is 24.2 Å². The zero-order valence-electron chi connectivity index (χ0n) is 20.6. The third kappa shape index (κ3) is 4.80. The Morgan fingerprint density at radius 1 is 1.11 bits per heavy atom. The summed E-state index contributed by atoms with van der Waals surface area (Å²) in [6, 6.07) is 15.7. The van der Waals surface area contributed by atoms with Crippen molar-refractivity contribution in [1.29, 1.82) is 0 Å². The first-order valence-electron chi connectivity index (χ1n) is 12.1. The lowest BCUT2D eigenvalue weighted by molar-refractivity contribution is -0.139. The molecule has 1 saturated heterocycles. The second-order valence-corrected chi connectivity index (χ2v) is 9.12. The summed E-state index contributed by atoms with van der Waals surface area (Å²) in [5, 5.41) is 3.05. The summed E-state index contributed by atoms with van der Waals surface area (Å²) in [4.78, 5) is 36.5. The zero-order chi connectivity index (χ0) is 25.1. The number of carbonyl (C=O) groups excluding carboxylic acids is 1. The van der Waals surface area contributed by atoms with Crippen LogP contribution in [0.3, 0.4) is 0 Å². The van der Waals surface area contributed by atoms with Crippen LogP contribution >= 0.6 is 0 Å². The summed E-state index contributed by atoms with van der Waals surface area (Å²) in [6.45, 7) is 5.21.